The Balaban J connectivity index is 0.00000324. The zero-order valence-corrected chi connectivity index (χ0v) is 12.9. The van der Waals surface area contributed by atoms with E-state index >= 15 is 0 Å². The molecule has 8 heteroatoms. The normalized spacial score (nSPS) is 10.5. The number of benzene rings is 1. The van der Waals surface area contributed by atoms with Gasteiger partial charge in [0.1, 0.15) is 0 Å². The summed E-state index contributed by atoms with van der Waals surface area (Å²) in [4.78, 5) is 21.9. The molecule has 0 fully saturated rings. The second-order valence-corrected chi connectivity index (χ2v) is 5.54. The van der Waals surface area contributed by atoms with Crippen LogP contribution in [0, 0.1) is 10.1 Å². The first-order valence-electron chi connectivity index (χ1n) is 5.21. The number of nitro groups is 1. The number of nitrogens with two attached hydrogens (primary N) is 1. The summed E-state index contributed by atoms with van der Waals surface area (Å²) in [7, 11) is 0. The summed E-state index contributed by atoms with van der Waals surface area (Å²) in [6.45, 7) is 3.83. The fraction of sp³-hybridized carbons (Fsp3) is 0.364. The summed E-state index contributed by atoms with van der Waals surface area (Å²) in [5, 5.41) is 13.3. The molecule has 6 nitrogen and oxygen atoms in total. The maximum absolute atomic E-state index is 11.8. The van der Waals surface area contributed by atoms with E-state index in [0.29, 0.717) is 4.47 Å². The van der Waals surface area contributed by atoms with Crippen LogP contribution in [0.15, 0.2) is 22.7 Å². The standard InChI is InChI=1S/C11H14BrN3O3.ClH/c1-11(2,13)6-14-10(16)7-3-8(12)5-9(4-7)15(17)18;/h3-5H,6,13H2,1-2H3,(H,14,16);1H. The molecule has 1 aromatic carbocycles. The molecule has 3 N–H and O–H groups in total. The molecule has 0 bridgehead atoms. The number of nitro benzene ring substituents is 1. The number of rotatable bonds is 4. The smallest absolute Gasteiger partial charge is 0.271 e. The maximum Gasteiger partial charge on any atom is 0.271 e. The van der Waals surface area contributed by atoms with E-state index in [2.05, 4.69) is 21.2 Å². The van der Waals surface area contributed by atoms with Gasteiger partial charge in [-0.3, -0.25) is 14.9 Å². The van der Waals surface area contributed by atoms with Crippen molar-refractivity contribution >= 4 is 39.9 Å². The van der Waals surface area contributed by atoms with E-state index in [1.807, 2.05) is 0 Å². The largest absolute Gasteiger partial charge is 0.350 e. The van der Waals surface area contributed by atoms with E-state index in [4.69, 9.17) is 5.73 Å². The molecule has 1 rings (SSSR count). The van der Waals surface area contributed by atoms with Crippen LogP contribution in [0.4, 0.5) is 5.69 Å². The minimum absolute atomic E-state index is 0. The summed E-state index contributed by atoms with van der Waals surface area (Å²) in [6.07, 6.45) is 0. The van der Waals surface area contributed by atoms with Gasteiger partial charge < -0.3 is 11.1 Å². The number of hydrogen-bond donors (Lipinski definition) is 2. The van der Waals surface area contributed by atoms with Crippen LogP contribution in [0.25, 0.3) is 0 Å². The molecule has 0 aromatic heterocycles. The molecule has 106 valence electrons. The van der Waals surface area contributed by atoms with Crippen LogP contribution < -0.4 is 11.1 Å². The highest BCUT2D eigenvalue weighted by molar-refractivity contribution is 9.10. The lowest BCUT2D eigenvalue weighted by Crippen LogP contribution is -2.45. The maximum atomic E-state index is 11.8. The third kappa shape index (κ3) is 6.00. The molecule has 0 unspecified atom stereocenters. The highest BCUT2D eigenvalue weighted by atomic mass is 79.9. The highest BCUT2D eigenvalue weighted by Crippen LogP contribution is 2.21. The lowest BCUT2D eigenvalue weighted by Gasteiger charge is -2.18. The molecule has 0 aliphatic heterocycles. The van der Waals surface area contributed by atoms with Crippen molar-refractivity contribution < 1.29 is 9.72 Å². The van der Waals surface area contributed by atoms with E-state index in [-0.39, 0.29) is 30.2 Å². The van der Waals surface area contributed by atoms with Gasteiger partial charge in [-0.05, 0) is 19.9 Å². The van der Waals surface area contributed by atoms with Crippen molar-refractivity contribution in [3.63, 3.8) is 0 Å². The Hall–Kier alpha value is -1.18. The SMILES string of the molecule is CC(C)(N)CNC(=O)c1cc(Br)cc([N+](=O)[O-])c1.Cl. The van der Waals surface area contributed by atoms with Crippen LogP contribution >= 0.6 is 28.3 Å². The first kappa shape index (κ1) is 17.8. The lowest BCUT2D eigenvalue weighted by atomic mass is 10.1. The predicted octanol–water partition coefficient (Wildman–Crippen LogP) is 2.25. The number of carbonyl (C=O) groups excluding carboxylic acids is 1. The van der Waals surface area contributed by atoms with Gasteiger partial charge in [0.2, 0.25) is 0 Å². The number of non-ortho nitro benzene ring substituents is 1. The Labute approximate surface area is 125 Å². The van der Waals surface area contributed by atoms with Crippen molar-refractivity contribution in [3.8, 4) is 0 Å². The molecule has 0 spiro atoms. The van der Waals surface area contributed by atoms with Gasteiger partial charge in [0.15, 0.2) is 0 Å². The fourth-order valence-corrected chi connectivity index (χ4v) is 1.70. The molecule has 0 aliphatic rings. The summed E-state index contributed by atoms with van der Waals surface area (Å²) in [5.41, 5.74) is 5.29. The van der Waals surface area contributed by atoms with Crippen molar-refractivity contribution in [2.24, 2.45) is 5.73 Å². The van der Waals surface area contributed by atoms with Crippen LogP contribution in [0.3, 0.4) is 0 Å². The topological polar surface area (TPSA) is 98.3 Å². The van der Waals surface area contributed by atoms with E-state index in [9.17, 15) is 14.9 Å². The number of carbonyl (C=O) groups is 1. The molecule has 0 saturated heterocycles. The summed E-state index contributed by atoms with van der Waals surface area (Å²) >= 11 is 3.13. The highest BCUT2D eigenvalue weighted by Gasteiger charge is 2.16. The zero-order valence-electron chi connectivity index (χ0n) is 10.5. The number of hydrogen-bond acceptors (Lipinski definition) is 4. The molecule has 0 heterocycles. The minimum Gasteiger partial charge on any atom is -0.350 e. The Kier molecular flexibility index (Phi) is 6.41. The molecule has 0 saturated carbocycles. The van der Waals surface area contributed by atoms with Crippen LogP contribution in [-0.4, -0.2) is 22.9 Å². The van der Waals surface area contributed by atoms with Crippen molar-refractivity contribution in [3.05, 3.63) is 38.3 Å². The van der Waals surface area contributed by atoms with E-state index in [0.717, 1.165) is 0 Å². The Morgan fingerprint density at radius 1 is 1.47 bits per heavy atom. The van der Waals surface area contributed by atoms with Gasteiger partial charge >= 0.3 is 0 Å². The average Bonchev–Trinajstić information content (AvgIpc) is 2.23. The molecule has 0 atom stereocenters. The van der Waals surface area contributed by atoms with Gasteiger partial charge in [-0.25, -0.2) is 0 Å². The molecular weight excluding hydrogens is 337 g/mol. The van der Waals surface area contributed by atoms with Gasteiger partial charge in [0.05, 0.1) is 4.92 Å². The first-order chi connectivity index (χ1) is 8.19. The molecular formula is C11H15BrClN3O3. The zero-order chi connectivity index (χ0) is 13.9. The van der Waals surface area contributed by atoms with E-state index < -0.39 is 16.4 Å². The summed E-state index contributed by atoms with van der Waals surface area (Å²) in [5.74, 6) is -0.391. The van der Waals surface area contributed by atoms with Gasteiger partial charge in [-0.1, -0.05) is 15.9 Å². The Bertz CT molecular complexity index is 489. The van der Waals surface area contributed by atoms with Crippen molar-refractivity contribution in [2.75, 3.05) is 6.54 Å². The van der Waals surface area contributed by atoms with Gasteiger partial charge in [-0.2, -0.15) is 0 Å². The molecule has 1 amide bonds. The van der Waals surface area contributed by atoms with Gasteiger partial charge in [-0.15, -0.1) is 12.4 Å². The second kappa shape index (κ2) is 6.83. The van der Waals surface area contributed by atoms with Gasteiger partial charge in [0.25, 0.3) is 11.6 Å². The van der Waals surface area contributed by atoms with Crippen molar-refractivity contribution in [1.29, 1.82) is 0 Å². The number of nitrogens with one attached hydrogen (secondary N) is 1. The third-order valence-electron chi connectivity index (χ3n) is 2.06. The van der Waals surface area contributed by atoms with E-state index in [1.54, 1.807) is 13.8 Å². The molecule has 19 heavy (non-hydrogen) atoms. The van der Waals surface area contributed by atoms with Crippen molar-refractivity contribution in [2.45, 2.75) is 19.4 Å². The fourth-order valence-electron chi connectivity index (χ4n) is 1.22. The van der Waals surface area contributed by atoms with Crippen LogP contribution in [-0.2, 0) is 0 Å². The van der Waals surface area contributed by atoms with Crippen LogP contribution in [0.2, 0.25) is 0 Å². The monoisotopic (exact) mass is 351 g/mol. The average molecular weight is 353 g/mol. The molecule has 1 aromatic rings. The molecule has 0 radical (unpaired) electrons. The Morgan fingerprint density at radius 3 is 2.53 bits per heavy atom. The predicted molar refractivity (Wildman–Crippen MR) is 78.6 cm³/mol. The van der Waals surface area contributed by atoms with Crippen molar-refractivity contribution in [1.82, 2.24) is 5.32 Å². The number of halogens is 2. The second-order valence-electron chi connectivity index (χ2n) is 4.63. The lowest BCUT2D eigenvalue weighted by molar-refractivity contribution is -0.385. The van der Waals surface area contributed by atoms with Crippen LogP contribution in [0.5, 0.6) is 0 Å². The number of amides is 1. The summed E-state index contributed by atoms with van der Waals surface area (Å²) in [6, 6.07) is 4.08. The molecule has 0 aliphatic carbocycles. The first-order valence-corrected chi connectivity index (χ1v) is 6.00. The number of nitrogens with zero attached hydrogens (tertiary/aromatic N) is 1. The minimum atomic E-state index is -0.547. The Morgan fingerprint density at radius 2 is 2.05 bits per heavy atom. The quantitative estimate of drug-likeness (QED) is 0.641. The third-order valence-corrected chi connectivity index (χ3v) is 2.52. The van der Waals surface area contributed by atoms with E-state index in [1.165, 1.54) is 18.2 Å². The summed E-state index contributed by atoms with van der Waals surface area (Å²) < 4.78 is 0.480. The van der Waals surface area contributed by atoms with Gasteiger partial charge in [0, 0.05) is 34.3 Å². The van der Waals surface area contributed by atoms with Crippen LogP contribution in [0.1, 0.15) is 24.2 Å².